The number of aryl methyl sites for hydroxylation is 3. The monoisotopic (exact) mass is 242 g/mol. The number of aromatic nitrogens is 2. The van der Waals surface area contributed by atoms with Crippen LogP contribution in [0.2, 0.25) is 0 Å². The summed E-state index contributed by atoms with van der Waals surface area (Å²) in [6, 6.07) is 6.67. The van der Waals surface area contributed by atoms with Crippen molar-refractivity contribution in [1.29, 1.82) is 0 Å². The van der Waals surface area contributed by atoms with E-state index in [2.05, 4.69) is 9.97 Å². The van der Waals surface area contributed by atoms with Crippen molar-refractivity contribution < 1.29 is 9.90 Å². The lowest BCUT2D eigenvalue weighted by Crippen LogP contribution is -2.00. The highest BCUT2D eigenvalue weighted by Gasteiger charge is 2.09. The lowest BCUT2D eigenvalue weighted by Gasteiger charge is -2.08. The van der Waals surface area contributed by atoms with E-state index in [1.165, 1.54) is 0 Å². The van der Waals surface area contributed by atoms with Gasteiger partial charge in [0.1, 0.15) is 0 Å². The van der Waals surface area contributed by atoms with Crippen LogP contribution in [0.5, 0.6) is 0 Å². The first-order valence-corrected chi connectivity index (χ1v) is 5.64. The summed E-state index contributed by atoms with van der Waals surface area (Å²) in [6.45, 7) is 5.74. The minimum atomic E-state index is -0.926. The Morgan fingerprint density at radius 1 is 0.944 bits per heavy atom. The van der Waals surface area contributed by atoms with E-state index < -0.39 is 5.97 Å². The van der Waals surface area contributed by atoms with Gasteiger partial charge in [0.15, 0.2) is 0 Å². The van der Waals surface area contributed by atoms with Crippen molar-refractivity contribution in [1.82, 2.24) is 9.97 Å². The standard InChI is InChI=1S/C14H14N2O2/c1-8-9(2)16-13(10(3)15-8)11-4-6-12(7-5-11)14(17)18/h4-7H,1-3H3,(H,17,18). The Labute approximate surface area is 105 Å². The molecular weight excluding hydrogens is 228 g/mol. The zero-order chi connectivity index (χ0) is 13.3. The van der Waals surface area contributed by atoms with Crippen molar-refractivity contribution in [2.45, 2.75) is 20.8 Å². The van der Waals surface area contributed by atoms with Crippen LogP contribution < -0.4 is 0 Å². The van der Waals surface area contributed by atoms with Crippen LogP contribution in [0, 0.1) is 20.8 Å². The molecule has 0 bridgehead atoms. The first-order chi connectivity index (χ1) is 8.49. The van der Waals surface area contributed by atoms with Gasteiger partial charge in [0, 0.05) is 5.56 Å². The van der Waals surface area contributed by atoms with Gasteiger partial charge in [0.05, 0.1) is 28.3 Å². The first kappa shape index (κ1) is 12.2. The molecule has 4 nitrogen and oxygen atoms in total. The molecule has 0 saturated carbocycles. The molecule has 0 amide bonds. The van der Waals surface area contributed by atoms with Crippen molar-refractivity contribution in [3.8, 4) is 11.3 Å². The van der Waals surface area contributed by atoms with E-state index in [1.54, 1.807) is 24.3 Å². The minimum absolute atomic E-state index is 0.271. The first-order valence-electron chi connectivity index (χ1n) is 5.64. The van der Waals surface area contributed by atoms with Gasteiger partial charge < -0.3 is 5.11 Å². The molecule has 0 fully saturated rings. The lowest BCUT2D eigenvalue weighted by molar-refractivity contribution is 0.0697. The summed E-state index contributed by atoms with van der Waals surface area (Å²) in [5.74, 6) is -0.926. The average Bonchev–Trinajstić information content (AvgIpc) is 2.34. The zero-order valence-electron chi connectivity index (χ0n) is 10.6. The van der Waals surface area contributed by atoms with E-state index in [-0.39, 0.29) is 5.56 Å². The van der Waals surface area contributed by atoms with Crippen LogP contribution in [-0.4, -0.2) is 21.0 Å². The van der Waals surface area contributed by atoms with E-state index >= 15 is 0 Å². The molecule has 0 aliphatic heterocycles. The largest absolute Gasteiger partial charge is 0.478 e. The predicted octanol–water partition coefficient (Wildman–Crippen LogP) is 2.77. The summed E-state index contributed by atoms with van der Waals surface area (Å²) < 4.78 is 0. The molecule has 1 aromatic carbocycles. The van der Waals surface area contributed by atoms with E-state index in [1.807, 2.05) is 20.8 Å². The second-order valence-electron chi connectivity index (χ2n) is 4.21. The van der Waals surface area contributed by atoms with Crippen molar-refractivity contribution in [2.24, 2.45) is 0 Å². The number of rotatable bonds is 2. The third-order valence-corrected chi connectivity index (χ3v) is 2.89. The fraction of sp³-hybridized carbons (Fsp3) is 0.214. The van der Waals surface area contributed by atoms with Gasteiger partial charge in [0.2, 0.25) is 0 Å². The molecule has 0 unspecified atom stereocenters. The Hall–Kier alpha value is -2.23. The topological polar surface area (TPSA) is 63.1 Å². The third kappa shape index (κ3) is 2.22. The number of hydrogen-bond acceptors (Lipinski definition) is 3. The van der Waals surface area contributed by atoms with Crippen LogP contribution in [0.3, 0.4) is 0 Å². The molecule has 0 saturated heterocycles. The van der Waals surface area contributed by atoms with Gasteiger partial charge >= 0.3 is 5.97 Å². The lowest BCUT2D eigenvalue weighted by atomic mass is 10.1. The van der Waals surface area contributed by atoms with Crippen molar-refractivity contribution in [3.63, 3.8) is 0 Å². The van der Waals surface area contributed by atoms with Gasteiger partial charge in [0.25, 0.3) is 0 Å². The van der Waals surface area contributed by atoms with Crippen molar-refractivity contribution in [3.05, 3.63) is 46.9 Å². The highest BCUT2D eigenvalue weighted by atomic mass is 16.4. The summed E-state index contributed by atoms with van der Waals surface area (Å²) in [5, 5.41) is 8.85. The second-order valence-corrected chi connectivity index (χ2v) is 4.21. The normalized spacial score (nSPS) is 10.4. The van der Waals surface area contributed by atoms with Crippen LogP contribution in [0.25, 0.3) is 11.3 Å². The van der Waals surface area contributed by atoms with Crippen LogP contribution >= 0.6 is 0 Å². The Bertz CT molecular complexity index is 604. The fourth-order valence-corrected chi connectivity index (χ4v) is 1.76. The highest BCUT2D eigenvalue weighted by Crippen LogP contribution is 2.21. The average molecular weight is 242 g/mol. The Morgan fingerprint density at radius 3 is 2.06 bits per heavy atom. The molecule has 0 spiro atoms. The Morgan fingerprint density at radius 2 is 1.50 bits per heavy atom. The fourth-order valence-electron chi connectivity index (χ4n) is 1.76. The van der Waals surface area contributed by atoms with E-state index in [0.29, 0.717) is 0 Å². The maximum Gasteiger partial charge on any atom is 0.335 e. The van der Waals surface area contributed by atoms with Crippen LogP contribution in [0.15, 0.2) is 24.3 Å². The second kappa shape index (κ2) is 4.56. The molecular formula is C14H14N2O2. The van der Waals surface area contributed by atoms with Gasteiger partial charge in [-0.3, -0.25) is 4.98 Å². The zero-order valence-corrected chi connectivity index (χ0v) is 10.6. The van der Waals surface area contributed by atoms with Gasteiger partial charge in [-0.15, -0.1) is 0 Å². The molecule has 92 valence electrons. The molecule has 4 heteroatoms. The van der Waals surface area contributed by atoms with Crippen LogP contribution in [-0.2, 0) is 0 Å². The molecule has 0 radical (unpaired) electrons. The van der Waals surface area contributed by atoms with Gasteiger partial charge in [-0.25, -0.2) is 9.78 Å². The van der Waals surface area contributed by atoms with Crippen molar-refractivity contribution >= 4 is 5.97 Å². The number of hydrogen-bond donors (Lipinski definition) is 1. The van der Waals surface area contributed by atoms with Gasteiger partial charge in [-0.2, -0.15) is 0 Å². The molecule has 0 aliphatic carbocycles. The van der Waals surface area contributed by atoms with E-state index in [0.717, 1.165) is 28.3 Å². The Kier molecular flexibility index (Phi) is 3.10. The number of carboxylic acids is 1. The maximum atomic E-state index is 10.8. The predicted molar refractivity (Wildman–Crippen MR) is 68.6 cm³/mol. The molecule has 0 aliphatic rings. The van der Waals surface area contributed by atoms with E-state index in [9.17, 15) is 4.79 Å². The molecule has 2 rings (SSSR count). The smallest absolute Gasteiger partial charge is 0.335 e. The molecule has 1 N–H and O–H groups in total. The number of carboxylic acid groups (broad SMARTS) is 1. The summed E-state index contributed by atoms with van der Waals surface area (Å²) in [6.07, 6.45) is 0. The summed E-state index contributed by atoms with van der Waals surface area (Å²) in [4.78, 5) is 19.7. The van der Waals surface area contributed by atoms with Crippen LogP contribution in [0.4, 0.5) is 0 Å². The summed E-state index contributed by atoms with van der Waals surface area (Å²) in [5.41, 5.74) is 4.61. The molecule has 2 aromatic rings. The number of carbonyl (C=O) groups is 1. The molecule has 1 aromatic heterocycles. The summed E-state index contributed by atoms with van der Waals surface area (Å²) >= 11 is 0. The van der Waals surface area contributed by atoms with Crippen LogP contribution in [0.1, 0.15) is 27.4 Å². The minimum Gasteiger partial charge on any atom is -0.478 e. The van der Waals surface area contributed by atoms with Gasteiger partial charge in [-0.05, 0) is 32.9 Å². The Balaban J connectivity index is 2.49. The molecule has 0 atom stereocenters. The summed E-state index contributed by atoms with van der Waals surface area (Å²) in [7, 11) is 0. The highest BCUT2D eigenvalue weighted by molar-refractivity contribution is 5.88. The number of aromatic carboxylic acids is 1. The number of nitrogens with zero attached hydrogens (tertiary/aromatic N) is 2. The molecule has 18 heavy (non-hydrogen) atoms. The molecule has 1 heterocycles. The SMILES string of the molecule is Cc1nc(C)c(-c2ccc(C(=O)O)cc2)nc1C. The quantitative estimate of drug-likeness (QED) is 0.879. The maximum absolute atomic E-state index is 10.8. The van der Waals surface area contributed by atoms with Gasteiger partial charge in [-0.1, -0.05) is 12.1 Å². The van der Waals surface area contributed by atoms with Crippen molar-refractivity contribution in [2.75, 3.05) is 0 Å². The number of benzene rings is 1. The third-order valence-electron chi connectivity index (χ3n) is 2.89. The van der Waals surface area contributed by atoms with E-state index in [4.69, 9.17) is 5.11 Å².